The van der Waals surface area contributed by atoms with Crippen LogP contribution in [0.15, 0.2) is 12.1 Å². The summed E-state index contributed by atoms with van der Waals surface area (Å²) in [5.74, 6) is 0.164. The summed E-state index contributed by atoms with van der Waals surface area (Å²) in [5, 5.41) is 0. The van der Waals surface area contributed by atoms with E-state index in [1.165, 1.54) is 13.2 Å². The normalized spacial score (nSPS) is 18.5. The standard InChI is InChI=1S/C16H23FN2O3/c1-16(2,3)22-15(20)19-8-7-12(18)14-10(9-19)13(21-4)6-5-11(14)17/h5-6,12H,7-9,18H2,1-4H3. The molecular weight excluding hydrogens is 287 g/mol. The summed E-state index contributed by atoms with van der Waals surface area (Å²) in [5.41, 5.74) is 6.53. The second-order valence-corrected chi connectivity index (χ2v) is 6.44. The largest absolute Gasteiger partial charge is 0.496 e. The fraction of sp³-hybridized carbons (Fsp3) is 0.562. The summed E-state index contributed by atoms with van der Waals surface area (Å²) in [7, 11) is 1.52. The molecule has 0 radical (unpaired) electrons. The number of carbonyl (C=O) groups is 1. The fourth-order valence-corrected chi connectivity index (χ4v) is 2.56. The van der Waals surface area contributed by atoms with Gasteiger partial charge in [0.25, 0.3) is 0 Å². The van der Waals surface area contributed by atoms with Gasteiger partial charge in [-0.25, -0.2) is 9.18 Å². The molecule has 1 amide bonds. The molecule has 0 fully saturated rings. The summed E-state index contributed by atoms with van der Waals surface area (Å²) >= 11 is 0. The van der Waals surface area contributed by atoms with Gasteiger partial charge in [0.2, 0.25) is 0 Å². The molecule has 1 unspecified atom stereocenters. The van der Waals surface area contributed by atoms with Crippen LogP contribution >= 0.6 is 0 Å². The van der Waals surface area contributed by atoms with E-state index < -0.39 is 17.7 Å². The minimum atomic E-state index is -0.583. The highest BCUT2D eigenvalue weighted by Crippen LogP contribution is 2.34. The number of amides is 1. The highest BCUT2D eigenvalue weighted by atomic mass is 19.1. The minimum absolute atomic E-state index is 0.221. The topological polar surface area (TPSA) is 64.8 Å². The van der Waals surface area contributed by atoms with Gasteiger partial charge in [0.05, 0.1) is 13.7 Å². The molecule has 0 spiro atoms. The van der Waals surface area contributed by atoms with Crippen molar-refractivity contribution < 1.29 is 18.7 Å². The predicted molar refractivity (Wildman–Crippen MR) is 81.1 cm³/mol. The third-order valence-corrected chi connectivity index (χ3v) is 3.56. The third-order valence-electron chi connectivity index (χ3n) is 3.56. The summed E-state index contributed by atoms with van der Waals surface area (Å²) in [6.45, 7) is 6.06. The molecular formula is C16H23FN2O3. The lowest BCUT2D eigenvalue weighted by Gasteiger charge is -2.27. The third kappa shape index (κ3) is 3.50. The lowest BCUT2D eigenvalue weighted by molar-refractivity contribution is 0.0234. The van der Waals surface area contributed by atoms with Crippen LogP contribution in [0.25, 0.3) is 0 Å². The highest BCUT2D eigenvalue weighted by molar-refractivity contribution is 5.68. The van der Waals surface area contributed by atoms with Gasteiger partial charge in [-0.15, -0.1) is 0 Å². The Hall–Kier alpha value is -1.82. The van der Waals surface area contributed by atoms with Gasteiger partial charge in [0, 0.05) is 23.7 Å². The molecule has 2 N–H and O–H groups in total. The van der Waals surface area contributed by atoms with Crippen molar-refractivity contribution in [2.45, 2.75) is 45.4 Å². The molecule has 0 saturated carbocycles. The molecule has 0 bridgehead atoms. The van der Waals surface area contributed by atoms with Crippen LogP contribution in [0.3, 0.4) is 0 Å². The number of ether oxygens (including phenoxy) is 2. The Morgan fingerprint density at radius 3 is 2.68 bits per heavy atom. The Kier molecular flexibility index (Phi) is 4.60. The number of nitrogens with two attached hydrogens (primary N) is 1. The van der Waals surface area contributed by atoms with Gasteiger partial charge in [0.1, 0.15) is 17.2 Å². The van der Waals surface area contributed by atoms with Crippen molar-refractivity contribution in [1.82, 2.24) is 4.90 Å². The minimum Gasteiger partial charge on any atom is -0.496 e. The SMILES string of the molecule is COc1ccc(F)c2c1CN(C(=O)OC(C)(C)C)CCC2N. The molecule has 0 aromatic heterocycles. The lowest BCUT2D eigenvalue weighted by Crippen LogP contribution is -2.36. The first kappa shape index (κ1) is 16.5. The predicted octanol–water partition coefficient (Wildman–Crippen LogP) is 2.97. The quantitative estimate of drug-likeness (QED) is 0.866. The molecule has 1 aliphatic heterocycles. The molecule has 1 aliphatic rings. The number of halogens is 1. The van der Waals surface area contributed by atoms with E-state index >= 15 is 0 Å². The van der Waals surface area contributed by atoms with Crippen LogP contribution in [0.1, 0.15) is 44.4 Å². The fourth-order valence-electron chi connectivity index (χ4n) is 2.56. The lowest BCUT2D eigenvalue weighted by atomic mass is 9.98. The maximum atomic E-state index is 14.1. The molecule has 22 heavy (non-hydrogen) atoms. The molecule has 6 heteroatoms. The summed E-state index contributed by atoms with van der Waals surface area (Å²) < 4.78 is 24.8. The van der Waals surface area contributed by atoms with E-state index in [9.17, 15) is 9.18 Å². The van der Waals surface area contributed by atoms with Gasteiger partial charge < -0.3 is 20.1 Å². The van der Waals surface area contributed by atoms with Crippen molar-refractivity contribution >= 4 is 6.09 Å². The van der Waals surface area contributed by atoms with E-state index in [0.717, 1.165) is 0 Å². The van der Waals surface area contributed by atoms with Crippen LogP contribution in [-0.2, 0) is 11.3 Å². The maximum absolute atomic E-state index is 14.1. The van der Waals surface area contributed by atoms with Gasteiger partial charge in [-0.2, -0.15) is 0 Å². The first-order valence-electron chi connectivity index (χ1n) is 7.31. The summed E-state index contributed by atoms with van der Waals surface area (Å²) in [6, 6.07) is 2.43. The van der Waals surface area contributed by atoms with E-state index in [1.807, 2.05) is 20.8 Å². The van der Waals surface area contributed by atoms with Crippen molar-refractivity contribution in [2.75, 3.05) is 13.7 Å². The van der Waals surface area contributed by atoms with Gasteiger partial charge in [-0.1, -0.05) is 0 Å². The van der Waals surface area contributed by atoms with Crippen molar-refractivity contribution in [2.24, 2.45) is 5.73 Å². The van der Waals surface area contributed by atoms with Crippen LogP contribution < -0.4 is 10.5 Å². The second kappa shape index (κ2) is 6.12. The second-order valence-electron chi connectivity index (χ2n) is 6.44. The molecule has 0 saturated heterocycles. The van der Waals surface area contributed by atoms with Crippen molar-refractivity contribution in [1.29, 1.82) is 0 Å². The first-order chi connectivity index (χ1) is 10.2. The first-order valence-corrected chi connectivity index (χ1v) is 7.31. The number of nitrogens with zero attached hydrogens (tertiary/aromatic N) is 1. The number of carbonyl (C=O) groups excluding carboxylic acids is 1. The Bertz CT molecular complexity index is 569. The van der Waals surface area contributed by atoms with Gasteiger partial charge >= 0.3 is 6.09 Å². The Morgan fingerprint density at radius 2 is 2.09 bits per heavy atom. The van der Waals surface area contributed by atoms with Crippen LogP contribution in [0.2, 0.25) is 0 Å². The molecule has 1 atom stereocenters. The highest BCUT2D eigenvalue weighted by Gasteiger charge is 2.30. The van der Waals surface area contributed by atoms with E-state index in [0.29, 0.717) is 29.8 Å². The molecule has 5 nitrogen and oxygen atoms in total. The van der Waals surface area contributed by atoms with Crippen molar-refractivity contribution in [3.8, 4) is 5.75 Å². The molecule has 1 heterocycles. The number of methoxy groups -OCH3 is 1. The Labute approximate surface area is 130 Å². The number of hydrogen-bond acceptors (Lipinski definition) is 4. The van der Waals surface area contributed by atoms with Crippen LogP contribution in [0, 0.1) is 5.82 Å². The van der Waals surface area contributed by atoms with E-state index in [4.69, 9.17) is 15.2 Å². The van der Waals surface area contributed by atoms with E-state index in [-0.39, 0.29) is 12.4 Å². The summed E-state index contributed by atoms with van der Waals surface area (Å²) in [6.07, 6.45) is 0.0370. The number of fused-ring (bicyclic) bond motifs is 1. The van der Waals surface area contributed by atoms with Crippen molar-refractivity contribution in [3.63, 3.8) is 0 Å². The molecule has 1 aromatic carbocycles. The monoisotopic (exact) mass is 310 g/mol. The average molecular weight is 310 g/mol. The molecule has 2 rings (SSSR count). The van der Waals surface area contributed by atoms with Crippen LogP contribution in [0.4, 0.5) is 9.18 Å². The zero-order chi connectivity index (χ0) is 16.5. The average Bonchev–Trinajstić information content (AvgIpc) is 2.58. The van der Waals surface area contributed by atoms with Crippen molar-refractivity contribution in [3.05, 3.63) is 29.1 Å². The van der Waals surface area contributed by atoms with E-state index in [2.05, 4.69) is 0 Å². The van der Waals surface area contributed by atoms with E-state index in [1.54, 1.807) is 11.0 Å². The van der Waals surface area contributed by atoms with Gasteiger partial charge in [0.15, 0.2) is 0 Å². The molecule has 1 aromatic rings. The molecule has 0 aliphatic carbocycles. The zero-order valence-electron chi connectivity index (χ0n) is 13.5. The van der Waals surface area contributed by atoms with Gasteiger partial charge in [-0.05, 0) is 39.3 Å². The smallest absolute Gasteiger partial charge is 0.410 e. The molecule has 122 valence electrons. The number of hydrogen-bond donors (Lipinski definition) is 1. The number of rotatable bonds is 1. The zero-order valence-corrected chi connectivity index (χ0v) is 13.5. The van der Waals surface area contributed by atoms with Gasteiger partial charge in [-0.3, -0.25) is 0 Å². The Balaban J connectivity index is 2.35. The van der Waals surface area contributed by atoms with Crippen LogP contribution in [-0.4, -0.2) is 30.2 Å². The number of benzene rings is 1. The summed E-state index contributed by atoms with van der Waals surface area (Å²) in [4.78, 5) is 13.8. The maximum Gasteiger partial charge on any atom is 0.410 e. The Morgan fingerprint density at radius 1 is 1.41 bits per heavy atom. The van der Waals surface area contributed by atoms with Crippen LogP contribution in [0.5, 0.6) is 5.75 Å².